The summed E-state index contributed by atoms with van der Waals surface area (Å²) >= 11 is 3.00. The maximum atomic E-state index is 13.4. The Morgan fingerprint density at radius 3 is 2.41 bits per heavy atom. The molecule has 162 valence electrons. The van der Waals surface area contributed by atoms with Crippen molar-refractivity contribution in [2.24, 2.45) is 5.92 Å². The Hall–Kier alpha value is -1.81. The number of halogens is 4. The number of carbonyl (C=O) groups excluding carboxylic acids is 2. The highest BCUT2D eigenvalue weighted by Gasteiger charge is 2.46. The highest BCUT2D eigenvalue weighted by molar-refractivity contribution is 9.10. The molecule has 0 aliphatic carbocycles. The van der Waals surface area contributed by atoms with Crippen molar-refractivity contribution in [2.45, 2.75) is 51.1 Å². The summed E-state index contributed by atoms with van der Waals surface area (Å²) in [7, 11) is 1.15. The molecule has 0 aromatic heterocycles. The van der Waals surface area contributed by atoms with Crippen LogP contribution in [0.25, 0.3) is 0 Å². The second-order valence-corrected chi connectivity index (χ2v) is 8.76. The molecule has 1 fully saturated rings. The van der Waals surface area contributed by atoms with Gasteiger partial charge in [-0.2, -0.15) is 13.2 Å². The topological polar surface area (TPSA) is 76.1 Å². The van der Waals surface area contributed by atoms with Crippen molar-refractivity contribution >= 4 is 28.0 Å². The Kier molecular flexibility index (Phi) is 6.89. The largest absolute Gasteiger partial charge is 0.467 e. The lowest BCUT2D eigenvalue weighted by atomic mass is 9.90. The van der Waals surface area contributed by atoms with Crippen molar-refractivity contribution < 1.29 is 37.3 Å². The van der Waals surface area contributed by atoms with Crippen molar-refractivity contribution in [1.82, 2.24) is 4.90 Å². The third-order valence-electron chi connectivity index (χ3n) is 4.52. The molecule has 6 nitrogen and oxygen atoms in total. The van der Waals surface area contributed by atoms with Gasteiger partial charge in [-0.25, -0.2) is 9.59 Å². The molecule has 0 bridgehead atoms. The van der Waals surface area contributed by atoms with Gasteiger partial charge in [-0.3, -0.25) is 4.90 Å². The first-order valence-electron chi connectivity index (χ1n) is 8.86. The van der Waals surface area contributed by atoms with Crippen LogP contribution < -0.4 is 0 Å². The summed E-state index contributed by atoms with van der Waals surface area (Å²) < 4.78 is 50.5. The molecule has 1 aliphatic rings. The molecule has 1 saturated heterocycles. The van der Waals surface area contributed by atoms with Gasteiger partial charge in [-0.1, -0.05) is 22.0 Å². The summed E-state index contributed by atoms with van der Waals surface area (Å²) in [5.41, 5.74) is -2.13. The zero-order valence-corrected chi connectivity index (χ0v) is 18.0. The molecular formula is C19H23BrF3NO5. The number of alkyl halides is 3. The van der Waals surface area contributed by atoms with E-state index in [1.165, 1.54) is 12.1 Å². The van der Waals surface area contributed by atoms with Crippen molar-refractivity contribution in [1.29, 1.82) is 0 Å². The number of carbonyl (C=O) groups is 2. The molecule has 0 spiro atoms. The van der Waals surface area contributed by atoms with Crippen LogP contribution in [-0.2, 0) is 20.4 Å². The molecular weight excluding hydrogens is 459 g/mol. The standard InChI is InChI=1S/C19H23BrF3NO5/c1-18(2,3)29-17(27)24-9-10(7-14(24)16(26)28-4)15(25)12-6-5-11(20)8-13(12)19(21,22)23/h5-6,8,10,14-15,25H,7,9H2,1-4H3/t10?,14-,15?/m0/s1. The first-order chi connectivity index (χ1) is 13.2. The van der Waals surface area contributed by atoms with Crippen molar-refractivity contribution in [2.75, 3.05) is 13.7 Å². The van der Waals surface area contributed by atoms with Crippen LogP contribution in [0.15, 0.2) is 22.7 Å². The third kappa shape index (κ3) is 5.63. The van der Waals surface area contributed by atoms with Crippen LogP contribution in [0.2, 0.25) is 0 Å². The van der Waals surface area contributed by atoms with E-state index in [9.17, 15) is 27.9 Å². The third-order valence-corrected chi connectivity index (χ3v) is 5.01. The number of likely N-dealkylation sites (tertiary alicyclic amines) is 1. The van der Waals surface area contributed by atoms with Gasteiger partial charge in [0, 0.05) is 16.9 Å². The van der Waals surface area contributed by atoms with Crippen molar-refractivity contribution in [3.8, 4) is 0 Å². The number of esters is 1. The summed E-state index contributed by atoms with van der Waals surface area (Å²) in [6, 6.07) is 2.41. The number of amides is 1. The normalized spacial score (nSPS) is 21.1. The Labute approximate surface area is 175 Å². The molecule has 10 heteroatoms. The van der Waals surface area contributed by atoms with Gasteiger partial charge >= 0.3 is 18.2 Å². The number of hydrogen-bond donors (Lipinski definition) is 1. The Morgan fingerprint density at radius 1 is 1.28 bits per heavy atom. The Bertz CT molecular complexity index is 778. The SMILES string of the molecule is COC(=O)[C@@H]1CC(C(O)c2ccc(Br)cc2C(F)(F)F)CN1C(=O)OC(C)(C)C. The zero-order chi connectivity index (χ0) is 22.1. The first-order valence-corrected chi connectivity index (χ1v) is 9.66. The van der Waals surface area contributed by atoms with Gasteiger partial charge in [0.1, 0.15) is 11.6 Å². The number of ether oxygens (including phenoxy) is 2. The molecule has 0 radical (unpaired) electrons. The van der Waals surface area contributed by atoms with Gasteiger partial charge in [0.05, 0.1) is 18.8 Å². The molecule has 2 unspecified atom stereocenters. The summed E-state index contributed by atoms with van der Waals surface area (Å²) in [4.78, 5) is 25.7. The van der Waals surface area contributed by atoms with Gasteiger partial charge < -0.3 is 14.6 Å². The number of rotatable bonds is 3. The van der Waals surface area contributed by atoms with E-state index in [-0.39, 0.29) is 23.0 Å². The fourth-order valence-electron chi connectivity index (χ4n) is 3.26. The number of hydrogen-bond acceptors (Lipinski definition) is 5. The van der Waals surface area contributed by atoms with Crippen LogP contribution >= 0.6 is 15.9 Å². The van der Waals surface area contributed by atoms with E-state index in [1.807, 2.05) is 0 Å². The molecule has 1 amide bonds. The minimum atomic E-state index is -4.68. The lowest BCUT2D eigenvalue weighted by molar-refractivity contribution is -0.145. The van der Waals surface area contributed by atoms with E-state index in [0.29, 0.717) is 0 Å². The smallest absolute Gasteiger partial charge is 0.416 e. The number of aliphatic hydroxyl groups excluding tert-OH is 1. The molecule has 29 heavy (non-hydrogen) atoms. The molecule has 0 saturated carbocycles. The summed E-state index contributed by atoms with van der Waals surface area (Å²) in [6.45, 7) is 4.80. The van der Waals surface area contributed by atoms with Gasteiger partial charge in [0.25, 0.3) is 0 Å². The minimum Gasteiger partial charge on any atom is -0.467 e. The maximum Gasteiger partial charge on any atom is 0.416 e. The lowest BCUT2D eigenvalue weighted by Gasteiger charge is -2.27. The van der Waals surface area contributed by atoms with Crippen LogP contribution in [0.5, 0.6) is 0 Å². The zero-order valence-electron chi connectivity index (χ0n) is 16.4. The summed E-state index contributed by atoms with van der Waals surface area (Å²) in [5, 5.41) is 10.7. The minimum absolute atomic E-state index is 0.0551. The monoisotopic (exact) mass is 481 g/mol. The van der Waals surface area contributed by atoms with Crippen LogP contribution in [0.4, 0.5) is 18.0 Å². The van der Waals surface area contributed by atoms with Crippen molar-refractivity contribution in [3.05, 3.63) is 33.8 Å². The Balaban J connectivity index is 2.34. The fourth-order valence-corrected chi connectivity index (χ4v) is 3.63. The number of aliphatic hydroxyl groups is 1. The van der Waals surface area contributed by atoms with Gasteiger partial charge in [0.2, 0.25) is 0 Å². The summed E-state index contributed by atoms with van der Waals surface area (Å²) in [6.07, 6.45) is -7.07. The highest BCUT2D eigenvalue weighted by Crippen LogP contribution is 2.41. The predicted molar refractivity (Wildman–Crippen MR) is 101 cm³/mol. The van der Waals surface area contributed by atoms with Crippen LogP contribution in [0.3, 0.4) is 0 Å². The van der Waals surface area contributed by atoms with Gasteiger partial charge in [-0.05, 0) is 44.9 Å². The average Bonchev–Trinajstić information content (AvgIpc) is 3.03. The van der Waals surface area contributed by atoms with E-state index in [1.54, 1.807) is 20.8 Å². The van der Waals surface area contributed by atoms with E-state index in [4.69, 9.17) is 9.47 Å². The molecule has 1 aromatic carbocycles. The molecule has 1 aromatic rings. The molecule has 3 atom stereocenters. The van der Waals surface area contributed by atoms with Crippen LogP contribution in [0.1, 0.15) is 44.4 Å². The maximum absolute atomic E-state index is 13.4. The van der Waals surface area contributed by atoms with Gasteiger partial charge in [-0.15, -0.1) is 0 Å². The second-order valence-electron chi connectivity index (χ2n) is 7.84. The molecule has 1 heterocycles. The average molecular weight is 482 g/mol. The van der Waals surface area contributed by atoms with Crippen LogP contribution in [-0.4, -0.2) is 47.4 Å². The van der Waals surface area contributed by atoms with E-state index in [2.05, 4.69) is 15.9 Å². The first kappa shape index (κ1) is 23.5. The van der Waals surface area contributed by atoms with Crippen LogP contribution in [0, 0.1) is 5.92 Å². The Morgan fingerprint density at radius 2 is 1.90 bits per heavy atom. The van der Waals surface area contributed by atoms with E-state index in [0.717, 1.165) is 18.1 Å². The molecule has 1 N–H and O–H groups in total. The number of nitrogens with zero attached hydrogens (tertiary/aromatic N) is 1. The fraction of sp³-hybridized carbons (Fsp3) is 0.579. The number of benzene rings is 1. The predicted octanol–water partition coefficient (Wildman–Crippen LogP) is 4.30. The highest BCUT2D eigenvalue weighted by atomic mass is 79.9. The quantitative estimate of drug-likeness (QED) is 0.651. The molecule has 2 rings (SSSR count). The lowest BCUT2D eigenvalue weighted by Crippen LogP contribution is -2.43. The second kappa shape index (κ2) is 8.51. The van der Waals surface area contributed by atoms with Crippen molar-refractivity contribution in [3.63, 3.8) is 0 Å². The van der Waals surface area contributed by atoms with E-state index < -0.39 is 47.5 Å². The number of methoxy groups -OCH3 is 1. The summed E-state index contributed by atoms with van der Waals surface area (Å²) in [5.74, 6) is -1.54. The molecule has 1 aliphatic heterocycles. The van der Waals surface area contributed by atoms with Gasteiger partial charge in [0.15, 0.2) is 0 Å². The van der Waals surface area contributed by atoms with E-state index >= 15 is 0 Å².